The minimum absolute atomic E-state index is 0.0713. The van der Waals surface area contributed by atoms with Gasteiger partial charge in [-0.1, -0.05) is 5.16 Å². The molecule has 1 heterocycles. The molecule has 0 saturated carbocycles. The number of hydrogen-bond acceptors (Lipinski definition) is 3. The van der Waals surface area contributed by atoms with E-state index in [0.29, 0.717) is 19.6 Å². The van der Waals surface area contributed by atoms with Crippen LogP contribution in [0.4, 0.5) is 4.79 Å². The van der Waals surface area contributed by atoms with Crippen molar-refractivity contribution in [3.63, 3.8) is 0 Å². The lowest BCUT2D eigenvalue weighted by molar-refractivity contribution is 0.202. The Kier molecular flexibility index (Phi) is 3.97. The zero-order valence-electron chi connectivity index (χ0n) is 8.49. The zero-order chi connectivity index (χ0) is 10.4. The summed E-state index contributed by atoms with van der Waals surface area (Å²) in [6.45, 7) is 5.71. The van der Waals surface area contributed by atoms with E-state index in [-0.39, 0.29) is 6.03 Å². The fourth-order valence-electron chi connectivity index (χ4n) is 1.12. The molecule has 78 valence electrons. The summed E-state index contributed by atoms with van der Waals surface area (Å²) in [5, 5.41) is 6.44. The van der Waals surface area contributed by atoms with Gasteiger partial charge in [0.15, 0.2) is 0 Å². The van der Waals surface area contributed by atoms with Crippen LogP contribution in [0.25, 0.3) is 0 Å². The molecule has 5 nitrogen and oxygen atoms in total. The van der Waals surface area contributed by atoms with Gasteiger partial charge in [0, 0.05) is 19.2 Å². The molecule has 0 aliphatic rings. The van der Waals surface area contributed by atoms with Crippen molar-refractivity contribution in [2.24, 2.45) is 0 Å². The second-order valence-corrected chi connectivity index (χ2v) is 2.82. The summed E-state index contributed by atoms with van der Waals surface area (Å²) in [5.41, 5.74) is 0.727. The van der Waals surface area contributed by atoms with E-state index < -0.39 is 0 Å². The molecule has 1 aromatic rings. The summed E-state index contributed by atoms with van der Waals surface area (Å²) < 4.78 is 4.65. The second kappa shape index (κ2) is 5.26. The van der Waals surface area contributed by atoms with E-state index >= 15 is 0 Å². The molecule has 2 amide bonds. The average Bonchev–Trinajstić information content (AvgIpc) is 2.69. The lowest BCUT2D eigenvalue weighted by Crippen LogP contribution is -2.39. The number of aromatic nitrogens is 1. The van der Waals surface area contributed by atoms with Crippen LogP contribution in [0.3, 0.4) is 0 Å². The van der Waals surface area contributed by atoms with E-state index in [9.17, 15) is 4.79 Å². The molecular formula is C9H15N3O2. The summed E-state index contributed by atoms with van der Waals surface area (Å²) in [6, 6.07) is 1.65. The van der Waals surface area contributed by atoms with Crippen LogP contribution in [-0.4, -0.2) is 29.2 Å². The molecule has 14 heavy (non-hydrogen) atoms. The number of carbonyl (C=O) groups excluding carboxylic acids is 1. The molecule has 5 heteroatoms. The van der Waals surface area contributed by atoms with Gasteiger partial charge in [-0.05, 0) is 13.8 Å². The second-order valence-electron chi connectivity index (χ2n) is 2.82. The quantitative estimate of drug-likeness (QED) is 0.789. The Balaban J connectivity index is 2.34. The normalized spacial score (nSPS) is 9.86. The first-order valence-electron chi connectivity index (χ1n) is 4.70. The molecule has 1 rings (SSSR count). The van der Waals surface area contributed by atoms with Crippen molar-refractivity contribution in [2.45, 2.75) is 20.4 Å². The lowest BCUT2D eigenvalue weighted by Gasteiger charge is -2.18. The van der Waals surface area contributed by atoms with Crippen molar-refractivity contribution < 1.29 is 9.32 Å². The Labute approximate surface area is 83.1 Å². The summed E-state index contributed by atoms with van der Waals surface area (Å²) in [5.74, 6) is 0. The van der Waals surface area contributed by atoms with Crippen LogP contribution < -0.4 is 5.32 Å². The van der Waals surface area contributed by atoms with Gasteiger partial charge in [0.1, 0.15) is 12.0 Å². The number of nitrogens with zero attached hydrogens (tertiary/aromatic N) is 2. The Hall–Kier alpha value is -1.52. The molecule has 0 aromatic carbocycles. The predicted molar refractivity (Wildman–Crippen MR) is 51.7 cm³/mol. The molecule has 0 bridgehead atoms. The summed E-state index contributed by atoms with van der Waals surface area (Å²) in [7, 11) is 0. The highest BCUT2D eigenvalue weighted by Gasteiger charge is 2.08. The van der Waals surface area contributed by atoms with Crippen molar-refractivity contribution >= 4 is 6.03 Å². The largest absolute Gasteiger partial charge is 0.364 e. The van der Waals surface area contributed by atoms with Crippen LogP contribution in [0.5, 0.6) is 0 Å². The minimum Gasteiger partial charge on any atom is -0.364 e. The van der Waals surface area contributed by atoms with Crippen molar-refractivity contribution in [3.8, 4) is 0 Å². The Bertz CT molecular complexity index is 268. The van der Waals surface area contributed by atoms with Crippen molar-refractivity contribution in [3.05, 3.63) is 18.0 Å². The molecule has 0 saturated heterocycles. The summed E-state index contributed by atoms with van der Waals surface area (Å²) >= 11 is 0. The van der Waals surface area contributed by atoms with Crippen LogP contribution in [0, 0.1) is 0 Å². The van der Waals surface area contributed by atoms with E-state index in [1.165, 1.54) is 6.26 Å². The molecular weight excluding hydrogens is 182 g/mol. The van der Waals surface area contributed by atoms with Crippen LogP contribution in [0.2, 0.25) is 0 Å². The van der Waals surface area contributed by atoms with Gasteiger partial charge >= 0.3 is 6.03 Å². The van der Waals surface area contributed by atoms with Gasteiger partial charge in [-0.2, -0.15) is 0 Å². The monoisotopic (exact) mass is 197 g/mol. The van der Waals surface area contributed by atoms with Crippen LogP contribution >= 0.6 is 0 Å². The first-order valence-corrected chi connectivity index (χ1v) is 4.70. The molecule has 0 aliphatic carbocycles. The number of rotatable bonds is 4. The smallest absolute Gasteiger partial charge is 0.317 e. The van der Waals surface area contributed by atoms with Gasteiger partial charge in [-0.3, -0.25) is 0 Å². The van der Waals surface area contributed by atoms with E-state index in [2.05, 4.69) is 15.0 Å². The first-order chi connectivity index (χ1) is 6.77. The Morgan fingerprint density at radius 1 is 1.57 bits per heavy atom. The van der Waals surface area contributed by atoms with Crippen molar-refractivity contribution in [1.29, 1.82) is 0 Å². The number of nitrogens with one attached hydrogen (secondary N) is 1. The van der Waals surface area contributed by atoms with Gasteiger partial charge < -0.3 is 14.7 Å². The SMILES string of the molecule is CCN(CC)C(=O)NCc1ccon1. The minimum atomic E-state index is -0.0713. The van der Waals surface area contributed by atoms with Gasteiger partial charge in [-0.25, -0.2) is 4.79 Å². The molecule has 0 unspecified atom stereocenters. The maximum atomic E-state index is 11.5. The number of amides is 2. The molecule has 0 radical (unpaired) electrons. The van der Waals surface area contributed by atoms with E-state index in [4.69, 9.17) is 0 Å². The molecule has 0 spiro atoms. The van der Waals surface area contributed by atoms with Gasteiger partial charge in [0.25, 0.3) is 0 Å². The number of urea groups is 1. The highest BCUT2D eigenvalue weighted by atomic mass is 16.5. The molecule has 0 aliphatic heterocycles. The molecule has 0 atom stereocenters. The Morgan fingerprint density at radius 2 is 2.29 bits per heavy atom. The van der Waals surface area contributed by atoms with Crippen LogP contribution in [-0.2, 0) is 6.54 Å². The maximum Gasteiger partial charge on any atom is 0.317 e. The first kappa shape index (κ1) is 10.6. The van der Waals surface area contributed by atoms with E-state index in [1.54, 1.807) is 11.0 Å². The highest BCUT2D eigenvalue weighted by molar-refractivity contribution is 5.73. The van der Waals surface area contributed by atoms with Crippen LogP contribution in [0.1, 0.15) is 19.5 Å². The highest BCUT2D eigenvalue weighted by Crippen LogP contribution is 1.94. The summed E-state index contributed by atoms with van der Waals surface area (Å²) in [6.07, 6.45) is 1.49. The Morgan fingerprint density at radius 3 is 2.79 bits per heavy atom. The fraction of sp³-hybridized carbons (Fsp3) is 0.556. The van der Waals surface area contributed by atoms with Gasteiger partial charge in [-0.15, -0.1) is 0 Å². The third-order valence-corrected chi connectivity index (χ3v) is 1.96. The topological polar surface area (TPSA) is 58.4 Å². The van der Waals surface area contributed by atoms with Crippen LogP contribution in [0.15, 0.2) is 16.9 Å². The van der Waals surface area contributed by atoms with Gasteiger partial charge in [0.05, 0.1) is 6.54 Å². The molecule has 1 N–H and O–H groups in total. The maximum absolute atomic E-state index is 11.5. The molecule has 1 aromatic heterocycles. The fourth-order valence-corrected chi connectivity index (χ4v) is 1.12. The van der Waals surface area contributed by atoms with E-state index in [0.717, 1.165) is 5.69 Å². The van der Waals surface area contributed by atoms with Crippen molar-refractivity contribution in [1.82, 2.24) is 15.4 Å². The third kappa shape index (κ3) is 2.76. The zero-order valence-corrected chi connectivity index (χ0v) is 8.49. The average molecular weight is 197 g/mol. The van der Waals surface area contributed by atoms with Gasteiger partial charge in [0.2, 0.25) is 0 Å². The third-order valence-electron chi connectivity index (χ3n) is 1.96. The predicted octanol–water partition coefficient (Wildman–Crippen LogP) is 1.23. The summed E-state index contributed by atoms with van der Waals surface area (Å²) in [4.78, 5) is 13.2. The number of hydrogen-bond donors (Lipinski definition) is 1. The standard InChI is InChI=1S/C9H15N3O2/c1-3-12(4-2)9(13)10-7-8-5-6-14-11-8/h5-6H,3-4,7H2,1-2H3,(H,10,13). The number of carbonyl (C=O) groups is 1. The molecule has 0 fully saturated rings. The lowest BCUT2D eigenvalue weighted by atomic mass is 10.4. The van der Waals surface area contributed by atoms with E-state index in [1.807, 2.05) is 13.8 Å². The van der Waals surface area contributed by atoms with Crippen molar-refractivity contribution in [2.75, 3.05) is 13.1 Å².